The minimum absolute atomic E-state index is 0.342. The van der Waals surface area contributed by atoms with Gasteiger partial charge in [0.1, 0.15) is 0 Å². The molecule has 0 unspecified atom stereocenters. The molecule has 25 heavy (non-hydrogen) atoms. The molecular formula is C18H26F3N3S. The zero-order valence-corrected chi connectivity index (χ0v) is 15.3. The number of alkyl halides is 3. The molecule has 0 radical (unpaired) electrons. The molecule has 0 aromatic heterocycles. The molecule has 0 amide bonds. The lowest BCUT2D eigenvalue weighted by Gasteiger charge is -2.35. The molecule has 1 heterocycles. The molecule has 1 fully saturated rings. The van der Waals surface area contributed by atoms with Crippen LogP contribution in [0.5, 0.6) is 0 Å². The number of hydrogen-bond donors (Lipinski definition) is 2. The Morgan fingerprint density at radius 1 is 1.32 bits per heavy atom. The normalized spacial score (nSPS) is 18.8. The number of thiocarbonyl (C=S) groups is 1. The maximum absolute atomic E-state index is 12.7. The van der Waals surface area contributed by atoms with E-state index in [9.17, 15) is 13.2 Å². The molecule has 0 aliphatic carbocycles. The monoisotopic (exact) mass is 373 g/mol. The topological polar surface area (TPSA) is 27.3 Å². The Morgan fingerprint density at radius 3 is 2.84 bits per heavy atom. The van der Waals surface area contributed by atoms with Gasteiger partial charge in [-0.1, -0.05) is 19.4 Å². The second-order valence-corrected chi connectivity index (χ2v) is 6.82. The molecule has 1 aromatic rings. The van der Waals surface area contributed by atoms with Crippen molar-refractivity contribution in [1.82, 2.24) is 10.2 Å². The summed E-state index contributed by atoms with van der Waals surface area (Å²) >= 11 is 5.17. The van der Waals surface area contributed by atoms with E-state index in [-0.39, 0.29) is 0 Å². The Labute approximate surface area is 153 Å². The number of benzene rings is 1. The van der Waals surface area contributed by atoms with Gasteiger partial charge in [0.2, 0.25) is 0 Å². The molecule has 0 saturated carbocycles. The van der Waals surface area contributed by atoms with Crippen molar-refractivity contribution in [3.05, 3.63) is 29.8 Å². The van der Waals surface area contributed by atoms with Crippen LogP contribution in [0.15, 0.2) is 24.3 Å². The zero-order valence-electron chi connectivity index (χ0n) is 14.5. The first-order valence-corrected chi connectivity index (χ1v) is 9.27. The first kappa shape index (κ1) is 20.0. The largest absolute Gasteiger partial charge is 0.416 e. The molecule has 1 saturated heterocycles. The van der Waals surface area contributed by atoms with Gasteiger partial charge in [0, 0.05) is 24.8 Å². The third kappa shape index (κ3) is 6.47. The average Bonchev–Trinajstić information content (AvgIpc) is 2.58. The van der Waals surface area contributed by atoms with E-state index in [1.807, 2.05) is 0 Å². The molecule has 1 aliphatic rings. The number of anilines is 1. The third-order valence-electron chi connectivity index (χ3n) is 4.58. The van der Waals surface area contributed by atoms with Gasteiger partial charge in [-0.2, -0.15) is 13.2 Å². The van der Waals surface area contributed by atoms with Crippen molar-refractivity contribution in [2.75, 3.05) is 25.0 Å². The number of nitrogens with zero attached hydrogens (tertiary/aromatic N) is 1. The molecule has 2 N–H and O–H groups in total. The van der Waals surface area contributed by atoms with Crippen molar-refractivity contribution in [3.63, 3.8) is 0 Å². The van der Waals surface area contributed by atoms with Crippen molar-refractivity contribution in [3.8, 4) is 0 Å². The lowest BCUT2D eigenvalue weighted by Crippen LogP contribution is -2.40. The summed E-state index contributed by atoms with van der Waals surface area (Å²) in [7, 11) is 0. The van der Waals surface area contributed by atoms with Crippen LogP contribution in [-0.4, -0.2) is 35.7 Å². The molecule has 140 valence electrons. The Morgan fingerprint density at radius 2 is 2.12 bits per heavy atom. The molecule has 2 rings (SSSR count). The van der Waals surface area contributed by atoms with Gasteiger partial charge in [-0.05, 0) is 62.6 Å². The van der Waals surface area contributed by atoms with E-state index in [0.29, 0.717) is 23.4 Å². The predicted octanol–water partition coefficient (Wildman–Crippen LogP) is 4.65. The highest BCUT2D eigenvalue weighted by Crippen LogP contribution is 2.30. The fourth-order valence-corrected chi connectivity index (χ4v) is 3.47. The predicted molar refractivity (Wildman–Crippen MR) is 99.8 cm³/mol. The van der Waals surface area contributed by atoms with Crippen LogP contribution in [0.2, 0.25) is 0 Å². The van der Waals surface area contributed by atoms with Crippen LogP contribution in [0.3, 0.4) is 0 Å². The molecule has 1 atom stereocenters. The number of likely N-dealkylation sites (tertiary alicyclic amines) is 1. The highest BCUT2D eigenvalue weighted by molar-refractivity contribution is 7.80. The van der Waals surface area contributed by atoms with Gasteiger partial charge in [0.05, 0.1) is 5.56 Å². The van der Waals surface area contributed by atoms with Crippen molar-refractivity contribution < 1.29 is 13.2 Å². The van der Waals surface area contributed by atoms with E-state index in [1.165, 1.54) is 31.7 Å². The summed E-state index contributed by atoms with van der Waals surface area (Å²) in [6.07, 6.45) is 1.65. The van der Waals surface area contributed by atoms with E-state index in [1.54, 1.807) is 6.07 Å². The fourth-order valence-electron chi connectivity index (χ4n) is 3.25. The van der Waals surface area contributed by atoms with Gasteiger partial charge < -0.3 is 15.5 Å². The summed E-state index contributed by atoms with van der Waals surface area (Å²) in [6, 6.07) is 5.74. The summed E-state index contributed by atoms with van der Waals surface area (Å²) in [6.45, 7) is 5.12. The summed E-state index contributed by atoms with van der Waals surface area (Å²) in [5.41, 5.74) is -0.342. The van der Waals surface area contributed by atoms with Gasteiger partial charge in [-0.3, -0.25) is 0 Å². The van der Waals surface area contributed by atoms with Crippen LogP contribution < -0.4 is 10.6 Å². The van der Waals surface area contributed by atoms with E-state index in [4.69, 9.17) is 12.2 Å². The van der Waals surface area contributed by atoms with Crippen molar-refractivity contribution >= 4 is 23.0 Å². The quantitative estimate of drug-likeness (QED) is 0.561. The second kappa shape index (κ2) is 9.38. The minimum atomic E-state index is -4.35. The van der Waals surface area contributed by atoms with Gasteiger partial charge in [-0.15, -0.1) is 0 Å². The Kier molecular flexibility index (Phi) is 7.50. The van der Waals surface area contributed by atoms with Gasteiger partial charge in [0.15, 0.2) is 5.11 Å². The highest BCUT2D eigenvalue weighted by atomic mass is 32.1. The van der Waals surface area contributed by atoms with Crippen LogP contribution in [-0.2, 0) is 6.18 Å². The van der Waals surface area contributed by atoms with Gasteiger partial charge in [0.25, 0.3) is 0 Å². The first-order valence-electron chi connectivity index (χ1n) is 8.86. The van der Waals surface area contributed by atoms with E-state index < -0.39 is 11.7 Å². The van der Waals surface area contributed by atoms with Crippen molar-refractivity contribution in [2.24, 2.45) is 0 Å². The lowest BCUT2D eigenvalue weighted by molar-refractivity contribution is -0.137. The van der Waals surface area contributed by atoms with Crippen molar-refractivity contribution in [2.45, 2.75) is 51.2 Å². The van der Waals surface area contributed by atoms with Crippen LogP contribution in [0, 0.1) is 0 Å². The smallest absolute Gasteiger partial charge is 0.362 e. The highest BCUT2D eigenvalue weighted by Gasteiger charge is 2.30. The summed E-state index contributed by atoms with van der Waals surface area (Å²) < 4.78 is 38.1. The van der Waals surface area contributed by atoms with Crippen LogP contribution in [0.1, 0.15) is 44.6 Å². The van der Waals surface area contributed by atoms with Crippen LogP contribution in [0.4, 0.5) is 18.9 Å². The Hall–Kier alpha value is -1.34. The third-order valence-corrected chi connectivity index (χ3v) is 4.82. The Bertz CT molecular complexity index is 563. The molecule has 3 nitrogen and oxygen atoms in total. The molecular weight excluding hydrogens is 347 g/mol. The standard InChI is InChI=1S/C18H26F3N3S/c1-2-16-9-3-4-11-24(16)12-6-10-22-17(25)23-15-8-5-7-14(13-15)18(19,20)21/h5,7-8,13,16H,2-4,6,9-12H2,1H3,(H2,22,23,25)/t16-/m0/s1. The average molecular weight is 373 g/mol. The van der Waals surface area contributed by atoms with E-state index >= 15 is 0 Å². The fraction of sp³-hybridized carbons (Fsp3) is 0.611. The maximum Gasteiger partial charge on any atom is 0.416 e. The Balaban J connectivity index is 1.72. The molecule has 1 aromatic carbocycles. The number of rotatable bonds is 6. The summed E-state index contributed by atoms with van der Waals surface area (Å²) in [5, 5.41) is 6.25. The summed E-state index contributed by atoms with van der Waals surface area (Å²) in [4.78, 5) is 2.54. The van der Waals surface area contributed by atoms with Gasteiger partial charge in [-0.25, -0.2) is 0 Å². The maximum atomic E-state index is 12.7. The molecule has 0 bridgehead atoms. The first-order chi connectivity index (χ1) is 11.9. The van der Waals surface area contributed by atoms with Crippen LogP contribution in [0.25, 0.3) is 0 Å². The minimum Gasteiger partial charge on any atom is -0.362 e. The van der Waals surface area contributed by atoms with E-state index in [2.05, 4.69) is 22.5 Å². The SMILES string of the molecule is CC[C@H]1CCCCN1CCCNC(=S)Nc1cccc(C(F)(F)F)c1. The molecule has 1 aliphatic heterocycles. The lowest BCUT2D eigenvalue weighted by atomic mass is 10.00. The zero-order chi connectivity index (χ0) is 18.3. The molecule has 7 heteroatoms. The number of nitrogens with one attached hydrogen (secondary N) is 2. The number of piperidine rings is 1. The van der Waals surface area contributed by atoms with Gasteiger partial charge >= 0.3 is 6.18 Å². The number of halogens is 3. The van der Waals surface area contributed by atoms with Crippen molar-refractivity contribution in [1.29, 1.82) is 0 Å². The summed E-state index contributed by atoms with van der Waals surface area (Å²) in [5.74, 6) is 0. The molecule has 0 spiro atoms. The number of hydrogen-bond acceptors (Lipinski definition) is 2. The van der Waals surface area contributed by atoms with Crippen LogP contribution >= 0.6 is 12.2 Å². The second-order valence-electron chi connectivity index (χ2n) is 6.41. The van der Waals surface area contributed by atoms with E-state index in [0.717, 1.165) is 31.6 Å².